The van der Waals surface area contributed by atoms with E-state index in [1.54, 1.807) is 6.08 Å². The van der Waals surface area contributed by atoms with Gasteiger partial charge in [-0.05, 0) is 70.6 Å². The average molecular weight is 1000 g/mol. The van der Waals surface area contributed by atoms with Crippen molar-refractivity contribution in [3.05, 3.63) is 72.9 Å². The lowest BCUT2D eigenvalue weighted by atomic mass is 9.99. The first-order chi connectivity index (χ1) is 34.7. The normalized spacial score (nSPS) is 20.1. The monoisotopic (exact) mass is 1000 g/mol. The van der Waals surface area contributed by atoms with Crippen LogP contribution in [0.15, 0.2) is 72.9 Å². The molecule has 0 aromatic heterocycles. The van der Waals surface area contributed by atoms with Gasteiger partial charge in [-0.1, -0.05) is 229 Å². The lowest BCUT2D eigenvalue weighted by Crippen LogP contribution is -2.61. The molecule has 6 N–H and O–H groups in total. The van der Waals surface area contributed by atoms with Crippen LogP contribution in [-0.4, -0.2) is 99.6 Å². The molecule has 8 atom stereocenters. The first kappa shape index (κ1) is 66.1. The van der Waals surface area contributed by atoms with Gasteiger partial charge in [0.05, 0.1) is 25.4 Å². The zero-order valence-electron chi connectivity index (χ0n) is 45.1. The zero-order chi connectivity index (χ0) is 51.8. The van der Waals surface area contributed by atoms with Crippen molar-refractivity contribution >= 4 is 11.9 Å². The molecule has 0 bridgehead atoms. The van der Waals surface area contributed by atoms with E-state index >= 15 is 0 Å². The predicted molar refractivity (Wildman–Crippen MR) is 292 cm³/mol. The lowest BCUT2D eigenvalue weighted by Gasteiger charge is -2.41. The van der Waals surface area contributed by atoms with Crippen molar-refractivity contribution in [3.63, 3.8) is 0 Å². The van der Waals surface area contributed by atoms with Crippen molar-refractivity contribution in [1.82, 2.24) is 5.32 Å². The van der Waals surface area contributed by atoms with E-state index in [1.165, 1.54) is 109 Å². The average Bonchev–Trinajstić information content (AvgIpc) is 3.37. The second-order valence-corrected chi connectivity index (χ2v) is 19.7. The van der Waals surface area contributed by atoms with E-state index < -0.39 is 67.4 Å². The molecular weight excluding hydrogens is 895 g/mol. The largest absolute Gasteiger partial charge is 0.454 e. The Kier molecular flexibility index (Phi) is 44.8. The fraction of sp³-hybridized carbons (Fsp3) is 0.767. The van der Waals surface area contributed by atoms with Crippen LogP contribution >= 0.6 is 0 Å². The lowest BCUT2D eigenvalue weighted by molar-refractivity contribution is -0.305. The van der Waals surface area contributed by atoms with Gasteiger partial charge >= 0.3 is 5.97 Å². The number of hydrogen-bond acceptors (Lipinski definition) is 10. The summed E-state index contributed by atoms with van der Waals surface area (Å²) in [4.78, 5) is 26.4. The summed E-state index contributed by atoms with van der Waals surface area (Å²) in [5.74, 6) is -1.24. The molecule has 0 aliphatic carbocycles. The maximum Gasteiger partial charge on any atom is 0.306 e. The first-order valence-electron chi connectivity index (χ1n) is 28.8. The molecule has 1 rings (SSSR count). The number of allylic oxidation sites excluding steroid dienone is 11. The molecule has 0 aromatic rings. The van der Waals surface area contributed by atoms with Crippen LogP contribution in [0.4, 0.5) is 0 Å². The number of nitrogens with one attached hydrogen (secondary N) is 1. The second kappa shape index (κ2) is 48.1. The number of amides is 1. The highest BCUT2D eigenvalue weighted by atomic mass is 16.7. The van der Waals surface area contributed by atoms with E-state index in [4.69, 9.17) is 14.2 Å². The zero-order valence-corrected chi connectivity index (χ0v) is 45.1. The topological polar surface area (TPSA) is 175 Å². The molecule has 1 fully saturated rings. The summed E-state index contributed by atoms with van der Waals surface area (Å²) in [7, 11) is 0. The highest BCUT2D eigenvalue weighted by Crippen LogP contribution is 2.26. The quantitative estimate of drug-likeness (QED) is 0.0149. The van der Waals surface area contributed by atoms with Gasteiger partial charge in [0.2, 0.25) is 5.91 Å². The van der Waals surface area contributed by atoms with E-state index in [-0.39, 0.29) is 19.4 Å². The van der Waals surface area contributed by atoms with Crippen LogP contribution in [0.1, 0.15) is 233 Å². The molecule has 410 valence electrons. The molecule has 11 heteroatoms. The summed E-state index contributed by atoms with van der Waals surface area (Å²) in [5.41, 5.74) is 0. The van der Waals surface area contributed by atoms with Gasteiger partial charge < -0.3 is 45.1 Å². The molecule has 71 heavy (non-hydrogen) atoms. The molecule has 1 heterocycles. The van der Waals surface area contributed by atoms with Gasteiger partial charge in [0.1, 0.15) is 24.4 Å². The van der Waals surface area contributed by atoms with Gasteiger partial charge in [-0.15, -0.1) is 0 Å². The fourth-order valence-corrected chi connectivity index (χ4v) is 8.60. The maximum absolute atomic E-state index is 13.4. The first-order valence-corrected chi connectivity index (χ1v) is 28.8. The van der Waals surface area contributed by atoms with E-state index in [0.717, 1.165) is 77.0 Å². The van der Waals surface area contributed by atoms with E-state index in [2.05, 4.69) is 50.4 Å². The van der Waals surface area contributed by atoms with E-state index in [0.29, 0.717) is 12.8 Å². The maximum atomic E-state index is 13.4. The third-order valence-corrected chi connectivity index (χ3v) is 13.2. The fourth-order valence-electron chi connectivity index (χ4n) is 8.60. The van der Waals surface area contributed by atoms with Crippen molar-refractivity contribution in [3.8, 4) is 0 Å². The Morgan fingerprint density at radius 3 is 1.56 bits per heavy atom. The van der Waals surface area contributed by atoms with Crippen molar-refractivity contribution < 1.29 is 49.3 Å². The Labute approximate surface area is 432 Å². The summed E-state index contributed by atoms with van der Waals surface area (Å²) in [6.45, 7) is 5.60. The molecule has 1 aliphatic heterocycles. The van der Waals surface area contributed by atoms with Crippen LogP contribution < -0.4 is 5.32 Å². The Morgan fingerprint density at radius 1 is 0.563 bits per heavy atom. The van der Waals surface area contributed by atoms with Crippen molar-refractivity contribution in [2.75, 3.05) is 13.2 Å². The van der Waals surface area contributed by atoms with E-state index in [9.17, 15) is 35.1 Å². The molecule has 8 unspecified atom stereocenters. The summed E-state index contributed by atoms with van der Waals surface area (Å²) in [5, 5.41) is 56.8. The highest BCUT2D eigenvalue weighted by Gasteiger charge is 2.47. The number of hydrogen-bond donors (Lipinski definition) is 6. The molecule has 0 saturated carbocycles. The molecule has 0 aromatic carbocycles. The highest BCUT2D eigenvalue weighted by molar-refractivity contribution is 5.80. The van der Waals surface area contributed by atoms with Gasteiger partial charge in [-0.3, -0.25) is 9.59 Å². The minimum Gasteiger partial charge on any atom is -0.454 e. The van der Waals surface area contributed by atoms with Crippen LogP contribution in [0.2, 0.25) is 0 Å². The van der Waals surface area contributed by atoms with Gasteiger partial charge in [0, 0.05) is 6.42 Å². The number of ether oxygens (including phenoxy) is 3. The standard InChI is InChI=1S/C60H105NO10/c1-4-7-10-13-16-19-22-25-26-27-30-32-35-38-41-44-47-53(64)59(68)61-51(52(63)46-43-40-37-34-31-28-23-20-17-14-11-8-5-2)50-69-60-58(57(67)56(66)54(49-62)70-60)71-55(65)48-45-42-39-36-33-29-24-21-18-15-12-9-6-3/h9,12,15,18,21,24-26,29,33,43,46,51-54,56-58,60,62-64,66-67H,4-8,10-11,13-14,16-17,19-20,22-23,27-28,30-32,34-42,44-45,47-50H2,1-3H3,(H,61,68)/b12-9+,18-15+,24-21-,26-25+,33-29-,46-43+. The van der Waals surface area contributed by atoms with Crippen molar-refractivity contribution in [2.24, 2.45) is 0 Å². The molecule has 11 nitrogen and oxygen atoms in total. The number of carbonyl (C=O) groups excluding carboxylic acids is 2. The number of rotatable bonds is 47. The Balaban J connectivity index is 2.77. The Bertz CT molecular complexity index is 1430. The summed E-state index contributed by atoms with van der Waals surface area (Å²) >= 11 is 0. The van der Waals surface area contributed by atoms with E-state index in [1.807, 2.05) is 42.5 Å². The van der Waals surface area contributed by atoms with Crippen LogP contribution in [0, 0.1) is 0 Å². The van der Waals surface area contributed by atoms with Crippen molar-refractivity contribution in [2.45, 2.75) is 282 Å². The molecule has 1 aliphatic rings. The predicted octanol–water partition coefficient (Wildman–Crippen LogP) is 12.8. The number of aliphatic hydroxyl groups is 5. The van der Waals surface area contributed by atoms with Crippen molar-refractivity contribution in [1.29, 1.82) is 0 Å². The van der Waals surface area contributed by atoms with Crippen LogP contribution in [0.3, 0.4) is 0 Å². The molecule has 0 spiro atoms. The number of unbranched alkanes of at least 4 members (excludes halogenated alkanes) is 26. The molecule has 0 radical (unpaired) electrons. The van der Waals surface area contributed by atoms with Gasteiger partial charge in [0.15, 0.2) is 12.4 Å². The number of aliphatic hydroxyl groups excluding tert-OH is 5. The Morgan fingerprint density at radius 2 is 1.03 bits per heavy atom. The number of carbonyl (C=O) groups is 2. The molecular formula is C60H105NO10. The minimum atomic E-state index is -1.63. The molecule has 1 saturated heterocycles. The summed E-state index contributed by atoms with van der Waals surface area (Å²) in [6, 6.07) is -1.04. The van der Waals surface area contributed by atoms with Gasteiger partial charge in [0.25, 0.3) is 0 Å². The molecule has 1 amide bonds. The van der Waals surface area contributed by atoms with Crippen LogP contribution in [0.25, 0.3) is 0 Å². The van der Waals surface area contributed by atoms with Crippen LogP contribution in [0.5, 0.6) is 0 Å². The third-order valence-electron chi connectivity index (χ3n) is 13.2. The van der Waals surface area contributed by atoms with Crippen LogP contribution in [-0.2, 0) is 23.8 Å². The number of esters is 1. The summed E-state index contributed by atoms with van der Waals surface area (Å²) in [6.07, 6.45) is 49.5. The summed E-state index contributed by atoms with van der Waals surface area (Å²) < 4.78 is 17.5. The van der Waals surface area contributed by atoms with Gasteiger partial charge in [-0.25, -0.2) is 0 Å². The third kappa shape index (κ3) is 36.6. The SMILES string of the molecule is CC/C=C/C=C/C=C\C=C/CCCCCC(=O)OC1C(OCC(NC(=O)C(O)CCCCCCCC/C=C/CCCCCCCC)C(O)/C=C/CCCCCCCCCCCCC)OC(CO)C(O)C1O. The minimum absolute atomic E-state index is 0.0748. The Hall–Kier alpha value is -2.90. The smallest absolute Gasteiger partial charge is 0.306 e. The van der Waals surface area contributed by atoms with Gasteiger partial charge in [-0.2, -0.15) is 0 Å². The second-order valence-electron chi connectivity index (χ2n) is 19.7.